The predicted molar refractivity (Wildman–Crippen MR) is 63.7 cm³/mol. The van der Waals surface area contributed by atoms with Gasteiger partial charge in [-0.2, -0.15) is 13.1 Å². The van der Waals surface area contributed by atoms with Gasteiger partial charge in [0.2, 0.25) is 0 Å². The zero-order chi connectivity index (χ0) is 13.0. The van der Waals surface area contributed by atoms with E-state index in [0.717, 1.165) is 6.07 Å². The largest absolute Gasteiger partial charge is 0.381 e. The molecule has 18 heavy (non-hydrogen) atoms. The summed E-state index contributed by atoms with van der Waals surface area (Å²) in [6, 6.07) is 2.33. The van der Waals surface area contributed by atoms with E-state index in [2.05, 4.69) is 14.4 Å². The third-order valence-electron chi connectivity index (χ3n) is 2.53. The van der Waals surface area contributed by atoms with Crippen LogP contribution in [0.3, 0.4) is 0 Å². The lowest BCUT2D eigenvalue weighted by Gasteiger charge is -2.23. The molecule has 0 atom stereocenters. The SMILES string of the molecule is O=S(=O)(Nc1ncccc1F)NC1CCOCC1. The molecule has 8 heteroatoms. The van der Waals surface area contributed by atoms with Gasteiger partial charge in [-0.25, -0.2) is 9.37 Å². The lowest BCUT2D eigenvalue weighted by molar-refractivity contribution is 0.0832. The first-order valence-corrected chi connectivity index (χ1v) is 7.03. The quantitative estimate of drug-likeness (QED) is 0.845. The van der Waals surface area contributed by atoms with Crippen LogP contribution in [0.15, 0.2) is 18.3 Å². The second-order valence-corrected chi connectivity index (χ2v) is 5.39. The molecule has 0 amide bonds. The minimum atomic E-state index is -3.81. The number of hydrogen-bond donors (Lipinski definition) is 2. The maximum Gasteiger partial charge on any atom is 0.300 e. The Balaban J connectivity index is 2.01. The summed E-state index contributed by atoms with van der Waals surface area (Å²) in [6.45, 7) is 1.04. The Morgan fingerprint density at radius 2 is 2.11 bits per heavy atom. The Bertz CT molecular complexity index is 503. The minimum absolute atomic E-state index is 0.192. The van der Waals surface area contributed by atoms with Gasteiger partial charge in [-0.1, -0.05) is 0 Å². The second-order valence-electron chi connectivity index (χ2n) is 3.94. The van der Waals surface area contributed by atoms with Gasteiger partial charge in [0.15, 0.2) is 11.6 Å². The molecule has 0 bridgehead atoms. The first-order chi connectivity index (χ1) is 8.57. The number of anilines is 1. The highest BCUT2D eigenvalue weighted by Gasteiger charge is 2.21. The van der Waals surface area contributed by atoms with E-state index in [1.807, 2.05) is 0 Å². The number of pyridine rings is 1. The van der Waals surface area contributed by atoms with Gasteiger partial charge in [0.1, 0.15) is 0 Å². The fraction of sp³-hybridized carbons (Fsp3) is 0.500. The zero-order valence-corrected chi connectivity index (χ0v) is 10.4. The first kappa shape index (κ1) is 13.2. The zero-order valence-electron chi connectivity index (χ0n) is 9.60. The molecular formula is C10H14FN3O3S. The van der Waals surface area contributed by atoms with Crippen molar-refractivity contribution in [1.82, 2.24) is 9.71 Å². The number of aromatic nitrogens is 1. The van der Waals surface area contributed by atoms with Gasteiger partial charge < -0.3 is 4.74 Å². The molecule has 1 saturated heterocycles. The molecule has 0 radical (unpaired) electrons. The lowest BCUT2D eigenvalue weighted by atomic mass is 10.1. The van der Waals surface area contributed by atoms with Crippen LogP contribution in [0.4, 0.5) is 10.2 Å². The maximum atomic E-state index is 13.3. The molecule has 1 aliphatic heterocycles. The van der Waals surface area contributed by atoms with Crippen molar-refractivity contribution in [3.63, 3.8) is 0 Å². The summed E-state index contributed by atoms with van der Waals surface area (Å²) < 4.78 is 46.4. The third kappa shape index (κ3) is 3.62. The molecule has 0 aromatic carbocycles. The summed E-state index contributed by atoms with van der Waals surface area (Å²) in [7, 11) is -3.81. The molecule has 100 valence electrons. The van der Waals surface area contributed by atoms with Crippen molar-refractivity contribution in [3.8, 4) is 0 Å². The number of hydrogen-bond acceptors (Lipinski definition) is 4. The van der Waals surface area contributed by atoms with Gasteiger partial charge in [0.05, 0.1) is 0 Å². The van der Waals surface area contributed by atoms with Gasteiger partial charge in [0.25, 0.3) is 0 Å². The van der Waals surface area contributed by atoms with E-state index < -0.39 is 16.0 Å². The van der Waals surface area contributed by atoms with Gasteiger partial charge >= 0.3 is 10.2 Å². The maximum absolute atomic E-state index is 13.3. The third-order valence-corrected chi connectivity index (χ3v) is 3.64. The van der Waals surface area contributed by atoms with Gasteiger partial charge in [0, 0.05) is 25.5 Å². The van der Waals surface area contributed by atoms with Crippen LogP contribution in [0.5, 0.6) is 0 Å². The van der Waals surface area contributed by atoms with Crippen molar-refractivity contribution in [2.75, 3.05) is 17.9 Å². The van der Waals surface area contributed by atoms with E-state index in [4.69, 9.17) is 4.74 Å². The molecule has 6 nitrogen and oxygen atoms in total. The number of nitrogens with one attached hydrogen (secondary N) is 2. The normalized spacial score (nSPS) is 17.6. The van der Waals surface area contributed by atoms with Crippen molar-refractivity contribution in [2.45, 2.75) is 18.9 Å². The summed E-state index contributed by atoms with van der Waals surface area (Å²) in [6.07, 6.45) is 2.52. The lowest BCUT2D eigenvalue weighted by Crippen LogP contribution is -2.42. The summed E-state index contributed by atoms with van der Waals surface area (Å²) >= 11 is 0. The van der Waals surface area contributed by atoms with Crippen molar-refractivity contribution in [2.24, 2.45) is 0 Å². The Kier molecular flexibility index (Phi) is 4.10. The Morgan fingerprint density at radius 3 is 2.78 bits per heavy atom. The van der Waals surface area contributed by atoms with Crippen LogP contribution in [0.25, 0.3) is 0 Å². The van der Waals surface area contributed by atoms with Crippen LogP contribution in [0.1, 0.15) is 12.8 Å². The summed E-state index contributed by atoms with van der Waals surface area (Å²) in [5.74, 6) is -1.02. The molecule has 0 saturated carbocycles. The smallest absolute Gasteiger partial charge is 0.300 e. The predicted octanol–water partition coefficient (Wildman–Crippen LogP) is 0.646. The number of nitrogens with zero attached hydrogens (tertiary/aromatic N) is 1. The molecule has 1 aromatic heterocycles. The fourth-order valence-corrected chi connectivity index (χ4v) is 2.79. The molecule has 0 spiro atoms. The molecule has 0 aliphatic carbocycles. The van der Waals surface area contributed by atoms with E-state index in [9.17, 15) is 12.8 Å². The summed E-state index contributed by atoms with van der Waals surface area (Å²) in [4.78, 5) is 3.63. The van der Waals surface area contributed by atoms with E-state index in [1.165, 1.54) is 12.3 Å². The standard InChI is InChI=1S/C10H14FN3O3S/c11-9-2-1-5-12-10(9)14-18(15,16)13-8-3-6-17-7-4-8/h1-2,5,8,13H,3-4,6-7H2,(H,12,14). The highest BCUT2D eigenvalue weighted by molar-refractivity contribution is 7.90. The topological polar surface area (TPSA) is 80.3 Å². The average Bonchev–Trinajstić information content (AvgIpc) is 2.32. The van der Waals surface area contributed by atoms with Crippen LogP contribution < -0.4 is 9.44 Å². The van der Waals surface area contributed by atoms with Gasteiger partial charge in [-0.05, 0) is 25.0 Å². The molecule has 1 fully saturated rings. The molecule has 2 N–H and O–H groups in total. The van der Waals surface area contributed by atoms with Crippen LogP contribution >= 0.6 is 0 Å². The van der Waals surface area contributed by atoms with Crippen molar-refractivity contribution in [1.29, 1.82) is 0 Å². The summed E-state index contributed by atoms with van der Waals surface area (Å²) in [5.41, 5.74) is 0. The highest BCUT2D eigenvalue weighted by Crippen LogP contribution is 2.12. The molecule has 2 heterocycles. The van der Waals surface area contributed by atoms with Crippen LogP contribution in [0.2, 0.25) is 0 Å². The van der Waals surface area contributed by atoms with E-state index >= 15 is 0 Å². The van der Waals surface area contributed by atoms with Gasteiger partial charge in [-0.15, -0.1) is 0 Å². The Hall–Kier alpha value is -1.25. The van der Waals surface area contributed by atoms with Crippen molar-refractivity contribution < 1.29 is 17.5 Å². The van der Waals surface area contributed by atoms with Crippen LogP contribution in [-0.2, 0) is 14.9 Å². The Labute approximate surface area is 105 Å². The number of halogens is 1. The molecule has 2 rings (SSSR count). The molecular weight excluding hydrogens is 261 g/mol. The van der Waals surface area contributed by atoms with Crippen molar-refractivity contribution in [3.05, 3.63) is 24.1 Å². The monoisotopic (exact) mass is 275 g/mol. The number of ether oxygens (including phenoxy) is 1. The van der Waals surface area contributed by atoms with E-state index in [1.54, 1.807) is 0 Å². The average molecular weight is 275 g/mol. The highest BCUT2D eigenvalue weighted by atomic mass is 32.2. The van der Waals surface area contributed by atoms with E-state index in [-0.39, 0.29) is 11.9 Å². The first-order valence-electron chi connectivity index (χ1n) is 5.55. The molecule has 0 unspecified atom stereocenters. The molecule has 1 aromatic rings. The minimum Gasteiger partial charge on any atom is -0.381 e. The van der Waals surface area contributed by atoms with Crippen molar-refractivity contribution >= 4 is 16.0 Å². The van der Waals surface area contributed by atoms with Crippen LogP contribution in [-0.4, -0.2) is 32.7 Å². The van der Waals surface area contributed by atoms with Crippen LogP contribution in [0, 0.1) is 5.82 Å². The number of rotatable bonds is 4. The van der Waals surface area contributed by atoms with E-state index in [0.29, 0.717) is 26.1 Å². The van der Waals surface area contributed by atoms with Gasteiger partial charge in [-0.3, -0.25) is 4.72 Å². The second kappa shape index (κ2) is 5.59. The summed E-state index contributed by atoms with van der Waals surface area (Å²) in [5, 5.41) is 0. The Morgan fingerprint density at radius 1 is 1.39 bits per heavy atom. The molecule has 1 aliphatic rings. The fourth-order valence-electron chi connectivity index (χ4n) is 1.65.